The highest BCUT2D eigenvalue weighted by Gasteiger charge is 2.35. The molecule has 1 aliphatic heterocycles. The van der Waals surface area contributed by atoms with Gasteiger partial charge in [-0.25, -0.2) is 4.99 Å². The third-order valence-electron chi connectivity index (χ3n) is 15.1. The molecule has 0 spiro atoms. The number of unbranched alkanes of at least 4 members (excludes halogenated alkanes) is 4. The number of hydrogen-bond donors (Lipinski definition) is 1. The number of aliphatic imine (C=N–C) groups is 1. The highest BCUT2D eigenvalue weighted by Crippen LogP contribution is 2.50. The average Bonchev–Trinajstić information content (AvgIpc) is 4.23. The second-order valence-corrected chi connectivity index (χ2v) is 23.6. The van der Waals surface area contributed by atoms with Gasteiger partial charge in [0.05, 0.1) is 44.3 Å². The van der Waals surface area contributed by atoms with Gasteiger partial charge in [0.15, 0.2) is 0 Å². The first-order valence-electron chi connectivity index (χ1n) is 26.5. The number of thiophene rings is 4. The number of carbonyl (C=O) groups is 1. The SMILES string of the molecule is CCCCC(CC)COc1c2cc(-n3cc4c(c3O)C(c3cc5c(CC(CC)CCCC)c6sccc6c(OCC(CC)CCCC)c5s3)=NC4=O)sc2c(CC(CC)CCCC)c2ccsc12. The van der Waals surface area contributed by atoms with Crippen LogP contribution >= 0.6 is 45.3 Å². The van der Waals surface area contributed by atoms with E-state index in [1.54, 1.807) is 34.0 Å². The zero-order chi connectivity index (χ0) is 47.9. The fourth-order valence-corrected chi connectivity index (χ4v) is 14.8. The Hall–Kier alpha value is -3.70. The number of amides is 1. The monoisotopic (exact) mass is 992 g/mol. The third kappa shape index (κ3) is 10.4. The number of hydrogen-bond acceptors (Lipinski definition) is 8. The van der Waals surface area contributed by atoms with E-state index in [0.717, 1.165) is 82.8 Å². The Bertz CT molecular complexity index is 2830. The van der Waals surface area contributed by atoms with Gasteiger partial charge in [0.25, 0.3) is 5.91 Å². The van der Waals surface area contributed by atoms with E-state index in [9.17, 15) is 9.90 Å². The molecule has 6 nitrogen and oxygen atoms in total. The zero-order valence-corrected chi connectivity index (χ0v) is 45.5. The molecule has 6 heterocycles. The summed E-state index contributed by atoms with van der Waals surface area (Å²) in [6.45, 7) is 19.7. The van der Waals surface area contributed by atoms with Crippen LogP contribution in [0.25, 0.3) is 45.3 Å². The predicted octanol–water partition coefficient (Wildman–Crippen LogP) is 18.7. The average molecular weight is 994 g/mol. The van der Waals surface area contributed by atoms with Crippen molar-refractivity contribution in [2.45, 2.75) is 171 Å². The first-order valence-corrected chi connectivity index (χ1v) is 29.9. The molecule has 1 N–H and O–H groups in total. The van der Waals surface area contributed by atoms with Gasteiger partial charge in [-0.05, 0) is 95.5 Å². The van der Waals surface area contributed by atoms with Crippen molar-refractivity contribution in [1.82, 2.24) is 4.57 Å². The van der Waals surface area contributed by atoms with Gasteiger partial charge in [0, 0.05) is 37.1 Å². The molecule has 5 aromatic heterocycles. The van der Waals surface area contributed by atoms with Gasteiger partial charge in [-0.3, -0.25) is 9.36 Å². The van der Waals surface area contributed by atoms with E-state index in [2.05, 4.69) is 90.4 Å². The Balaban J connectivity index is 1.24. The minimum atomic E-state index is -0.308. The summed E-state index contributed by atoms with van der Waals surface area (Å²) in [5.74, 6) is 3.81. The van der Waals surface area contributed by atoms with E-state index in [-0.39, 0.29) is 11.8 Å². The third-order valence-corrected chi connectivity index (χ3v) is 19.3. The maximum atomic E-state index is 14.1. The summed E-state index contributed by atoms with van der Waals surface area (Å²) in [4.78, 5) is 19.7. The van der Waals surface area contributed by atoms with Crippen LogP contribution in [0.3, 0.4) is 0 Å². The number of fused-ring (bicyclic) bond motifs is 5. The van der Waals surface area contributed by atoms with Crippen LogP contribution in [-0.2, 0) is 12.8 Å². The first kappa shape index (κ1) is 50.7. The molecule has 0 fully saturated rings. The van der Waals surface area contributed by atoms with Gasteiger partial charge in [-0.1, -0.05) is 145 Å². The maximum absolute atomic E-state index is 14.1. The van der Waals surface area contributed by atoms with Crippen LogP contribution in [-0.4, -0.2) is 34.5 Å². The Labute approximate surface area is 422 Å². The molecule has 10 heteroatoms. The molecule has 0 saturated carbocycles. The molecule has 2 aromatic carbocycles. The fourth-order valence-electron chi connectivity index (χ4n) is 10.5. The van der Waals surface area contributed by atoms with Crippen LogP contribution in [0.2, 0.25) is 0 Å². The lowest BCUT2D eigenvalue weighted by Gasteiger charge is -2.19. The van der Waals surface area contributed by atoms with Gasteiger partial charge in [-0.2, -0.15) is 0 Å². The van der Waals surface area contributed by atoms with Crippen LogP contribution < -0.4 is 9.47 Å². The summed E-state index contributed by atoms with van der Waals surface area (Å²) in [7, 11) is 0. The van der Waals surface area contributed by atoms with E-state index in [4.69, 9.17) is 14.5 Å². The topological polar surface area (TPSA) is 73.1 Å². The Morgan fingerprint density at radius 1 is 0.603 bits per heavy atom. The van der Waals surface area contributed by atoms with Crippen molar-refractivity contribution in [2.75, 3.05) is 13.2 Å². The number of aromatic hydroxyl groups is 1. The van der Waals surface area contributed by atoms with Gasteiger partial charge in [0.1, 0.15) is 16.5 Å². The van der Waals surface area contributed by atoms with Crippen LogP contribution in [0.15, 0.2) is 46.2 Å². The largest absolute Gasteiger partial charge is 0.494 e. The fraction of sp³-hybridized carbons (Fsp3) is 0.552. The van der Waals surface area contributed by atoms with Gasteiger partial charge in [0.2, 0.25) is 5.88 Å². The molecular weight excluding hydrogens is 917 g/mol. The molecule has 0 bridgehead atoms. The summed E-state index contributed by atoms with van der Waals surface area (Å²) < 4.78 is 20.6. The van der Waals surface area contributed by atoms with E-state index < -0.39 is 0 Å². The predicted molar refractivity (Wildman–Crippen MR) is 297 cm³/mol. The van der Waals surface area contributed by atoms with Crippen molar-refractivity contribution in [3.05, 3.63) is 68.4 Å². The number of ether oxygens (including phenoxy) is 2. The lowest BCUT2D eigenvalue weighted by atomic mass is 9.90. The summed E-state index contributed by atoms with van der Waals surface area (Å²) in [6.07, 6.45) is 22.6. The van der Waals surface area contributed by atoms with Crippen molar-refractivity contribution < 1.29 is 19.4 Å². The van der Waals surface area contributed by atoms with E-state index >= 15 is 0 Å². The summed E-state index contributed by atoms with van der Waals surface area (Å²) >= 11 is 6.97. The molecule has 1 amide bonds. The van der Waals surface area contributed by atoms with Crippen molar-refractivity contribution in [3.8, 4) is 22.4 Å². The first-order chi connectivity index (χ1) is 33.2. The van der Waals surface area contributed by atoms with Gasteiger partial charge < -0.3 is 14.6 Å². The van der Waals surface area contributed by atoms with Gasteiger partial charge >= 0.3 is 0 Å². The van der Waals surface area contributed by atoms with E-state index in [1.165, 1.54) is 106 Å². The molecular formula is C58H76N2O4S4. The van der Waals surface area contributed by atoms with Crippen LogP contribution in [0, 0.1) is 23.7 Å². The lowest BCUT2D eigenvalue weighted by Crippen LogP contribution is -2.11. The maximum Gasteiger partial charge on any atom is 0.280 e. The van der Waals surface area contributed by atoms with E-state index in [1.807, 2.05) is 22.1 Å². The molecule has 0 radical (unpaired) electrons. The molecule has 8 rings (SSSR count). The number of nitrogens with zero attached hydrogens (tertiary/aromatic N) is 2. The Morgan fingerprint density at radius 2 is 1.13 bits per heavy atom. The van der Waals surface area contributed by atoms with Crippen LogP contribution in [0.5, 0.6) is 17.4 Å². The molecule has 7 aromatic rings. The second-order valence-electron chi connectivity index (χ2n) is 19.7. The Kier molecular flexibility index (Phi) is 17.5. The smallest absolute Gasteiger partial charge is 0.280 e. The number of rotatable bonds is 28. The summed E-state index contributed by atoms with van der Waals surface area (Å²) in [5.41, 5.74) is 4.29. The summed E-state index contributed by atoms with van der Waals surface area (Å²) in [5, 5.41) is 22.6. The zero-order valence-electron chi connectivity index (χ0n) is 42.2. The quantitative estimate of drug-likeness (QED) is 0.0531. The highest BCUT2D eigenvalue weighted by molar-refractivity contribution is 7.23. The molecule has 0 saturated heterocycles. The van der Waals surface area contributed by atoms with Crippen molar-refractivity contribution in [3.63, 3.8) is 0 Å². The highest BCUT2D eigenvalue weighted by atomic mass is 32.1. The second kappa shape index (κ2) is 23.5. The number of aromatic nitrogens is 1. The standard InChI is InChI=1S/C58H76N2O4S4/c1-9-17-21-36(13-5)29-42-40-25-27-66-55(40)52(64-35-39(16-8)24-20-12-4)45-32-48(68-54(42)45)60-33-46-49(58(60)62)50(59-57(46)61)47-31-44-43(30-37(14-6)22-18-10-2)53-41(26-28-65-53)51(56(44)67-47)63-34-38(15-7)23-19-11-3/h25-28,31-33,36-39,62H,9-24,29-30,34-35H2,1-8H3. The van der Waals surface area contributed by atoms with Crippen molar-refractivity contribution >= 4 is 97.3 Å². The van der Waals surface area contributed by atoms with Crippen molar-refractivity contribution in [2.24, 2.45) is 28.7 Å². The molecule has 4 atom stereocenters. The Morgan fingerprint density at radius 3 is 1.71 bits per heavy atom. The van der Waals surface area contributed by atoms with Crippen molar-refractivity contribution in [1.29, 1.82) is 0 Å². The van der Waals surface area contributed by atoms with Gasteiger partial charge in [-0.15, -0.1) is 45.3 Å². The lowest BCUT2D eigenvalue weighted by molar-refractivity contribution is 0.101. The number of benzene rings is 2. The van der Waals surface area contributed by atoms with Crippen LogP contribution in [0.1, 0.15) is 190 Å². The summed E-state index contributed by atoms with van der Waals surface area (Å²) in [6, 6.07) is 9.01. The molecule has 4 unspecified atom stereocenters. The molecule has 0 aliphatic carbocycles. The van der Waals surface area contributed by atoms with E-state index in [0.29, 0.717) is 53.7 Å². The normalized spacial score (nSPS) is 14.7. The minimum absolute atomic E-state index is 0.0597. The molecule has 1 aliphatic rings. The molecule has 366 valence electrons. The van der Waals surface area contributed by atoms with Crippen LogP contribution in [0.4, 0.5) is 0 Å². The molecule has 68 heavy (non-hydrogen) atoms. The number of carbonyl (C=O) groups excluding carboxylic acids is 1. The minimum Gasteiger partial charge on any atom is -0.494 e.